The molecule has 0 amide bonds. The minimum Gasteiger partial charge on any atom is -0.477 e. The highest BCUT2D eigenvalue weighted by molar-refractivity contribution is 5.85. The average Bonchev–Trinajstić information content (AvgIpc) is 2.23. The van der Waals surface area contributed by atoms with Crippen molar-refractivity contribution in [1.82, 2.24) is 4.98 Å². The number of pyridine rings is 1. The molecule has 1 heterocycles. The molecule has 0 fully saturated rings. The second-order valence-corrected chi connectivity index (χ2v) is 3.81. The van der Waals surface area contributed by atoms with Gasteiger partial charge >= 0.3 is 5.97 Å². The van der Waals surface area contributed by atoms with Crippen molar-refractivity contribution in [3.8, 4) is 0 Å². The van der Waals surface area contributed by atoms with Crippen LogP contribution in [0.4, 0.5) is 14.6 Å². The number of rotatable bonds is 6. The second kappa shape index (κ2) is 5.56. The first-order valence-corrected chi connectivity index (χ1v) is 5.20. The lowest BCUT2D eigenvalue weighted by molar-refractivity contribution is 0.0119. The smallest absolute Gasteiger partial charge is 0.354 e. The van der Waals surface area contributed by atoms with Crippen LogP contribution in [0, 0.1) is 0 Å². The van der Waals surface area contributed by atoms with Crippen LogP contribution in [0.3, 0.4) is 0 Å². The maximum atomic E-state index is 12.5. The molecule has 1 aromatic heterocycles. The summed E-state index contributed by atoms with van der Waals surface area (Å²) in [6.45, 7) is 1.20. The van der Waals surface area contributed by atoms with E-state index in [1.807, 2.05) is 0 Å². The normalized spacial score (nSPS) is 11.2. The number of hydrogen-bond acceptors (Lipinski definition) is 3. The van der Waals surface area contributed by atoms with Gasteiger partial charge in [0.1, 0.15) is 5.82 Å². The minimum absolute atomic E-state index is 0.0733. The van der Waals surface area contributed by atoms with Crippen molar-refractivity contribution in [3.63, 3.8) is 0 Å². The van der Waals surface area contributed by atoms with Crippen molar-refractivity contribution >= 4 is 11.8 Å². The Labute approximate surface area is 97.7 Å². The lowest BCUT2D eigenvalue weighted by Gasteiger charge is -2.10. The summed E-state index contributed by atoms with van der Waals surface area (Å²) in [4.78, 5) is 14.4. The van der Waals surface area contributed by atoms with Gasteiger partial charge in [0.2, 0.25) is 5.92 Å². The van der Waals surface area contributed by atoms with Crippen LogP contribution in [0.5, 0.6) is 0 Å². The predicted molar refractivity (Wildman–Crippen MR) is 59.5 cm³/mol. The molecule has 1 aromatic rings. The summed E-state index contributed by atoms with van der Waals surface area (Å²) < 4.78 is 25.0. The van der Waals surface area contributed by atoms with Gasteiger partial charge in [-0.3, -0.25) is 0 Å². The van der Waals surface area contributed by atoms with Crippen molar-refractivity contribution in [3.05, 3.63) is 23.9 Å². The summed E-state index contributed by atoms with van der Waals surface area (Å²) in [5.74, 6) is -3.41. The number of nitrogens with one attached hydrogen (secondary N) is 1. The van der Waals surface area contributed by atoms with E-state index >= 15 is 0 Å². The third-order valence-electron chi connectivity index (χ3n) is 2.07. The van der Waals surface area contributed by atoms with E-state index in [4.69, 9.17) is 5.11 Å². The third-order valence-corrected chi connectivity index (χ3v) is 2.07. The van der Waals surface area contributed by atoms with E-state index in [1.165, 1.54) is 6.07 Å². The second-order valence-electron chi connectivity index (χ2n) is 3.81. The van der Waals surface area contributed by atoms with Crippen molar-refractivity contribution in [2.45, 2.75) is 25.7 Å². The van der Waals surface area contributed by atoms with Gasteiger partial charge < -0.3 is 10.4 Å². The molecule has 0 spiro atoms. The number of aromatic carboxylic acids is 1. The lowest BCUT2D eigenvalue weighted by atomic mass is 10.2. The van der Waals surface area contributed by atoms with Gasteiger partial charge in [-0.15, -0.1) is 0 Å². The Morgan fingerprint density at radius 3 is 2.82 bits per heavy atom. The van der Waals surface area contributed by atoms with Crippen molar-refractivity contribution < 1.29 is 18.7 Å². The molecule has 0 aliphatic heterocycles. The van der Waals surface area contributed by atoms with Crippen LogP contribution in [-0.2, 0) is 0 Å². The Hall–Kier alpha value is -1.72. The number of aromatic nitrogens is 1. The quantitative estimate of drug-likeness (QED) is 0.755. The first kappa shape index (κ1) is 13.3. The fourth-order valence-corrected chi connectivity index (χ4v) is 1.27. The maximum Gasteiger partial charge on any atom is 0.354 e. The number of nitrogens with zero attached hydrogens (tertiary/aromatic N) is 1. The topological polar surface area (TPSA) is 62.2 Å². The SMILES string of the molecule is CC(F)(F)CCCNc1cccc(C(=O)O)n1. The number of carbonyl (C=O) groups is 1. The molecule has 0 atom stereocenters. The minimum atomic E-state index is -2.67. The molecule has 0 bridgehead atoms. The number of alkyl halides is 2. The predicted octanol–water partition coefficient (Wildman–Crippen LogP) is 2.63. The van der Waals surface area contributed by atoms with Gasteiger partial charge in [0.15, 0.2) is 5.69 Å². The first-order chi connectivity index (χ1) is 7.88. The maximum absolute atomic E-state index is 12.5. The molecular weight excluding hydrogens is 230 g/mol. The Morgan fingerprint density at radius 1 is 1.53 bits per heavy atom. The molecule has 2 N–H and O–H groups in total. The molecule has 94 valence electrons. The van der Waals surface area contributed by atoms with Crippen molar-refractivity contribution in [2.75, 3.05) is 11.9 Å². The molecule has 4 nitrogen and oxygen atoms in total. The van der Waals surface area contributed by atoms with E-state index in [1.54, 1.807) is 12.1 Å². The monoisotopic (exact) mass is 244 g/mol. The molecular formula is C11H14F2N2O2. The third kappa shape index (κ3) is 5.24. The van der Waals surface area contributed by atoms with Gasteiger partial charge in [0.05, 0.1) is 0 Å². The van der Waals surface area contributed by atoms with Crippen molar-refractivity contribution in [1.29, 1.82) is 0 Å². The van der Waals surface area contributed by atoms with Gasteiger partial charge in [-0.05, 0) is 25.5 Å². The Kier molecular flexibility index (Phi) is 4.37. The number of hydrogen-bond donors (Lipinski definition) is 2. The largest absolute Gasteiger partial charge is 0.477 e. The molecule has 17 heavy (non-hydrogen) atoms. The standard InChI is InChI=1S/C11H14F2N2O2/c1-11(12,13)6-3-7-14-9-5-2-4-8(15-9)10(16)17/h2,4-5H,3,6-7H2,1H3,(H,14,15)(H,16,17). The van der Waals surface area contributed by atoms with Crippen LogP contribution < -0.4 is 5.32 Å². The summed E-state index contributed by atoms with van der Waals surface area (Å²) in [7, 11) is 0. The number of carboxylic acids is 1. The molecule has 0 unspecified atom stereocenters. The summed E-state index contributed by atoms with van der Waals surface area (Å²) >= 11 is 0. The van der Waals surface area contributed by atoms with E-state index < -0.39 is 11.9 Å². The number of halogens is 2. The zero-order chi connectivity index (χ0) is 12.9. The van der Waals surface area contributed by atoms with Crippen molar-refractivity contribution in [2.24, 2.45) is 0 Å². The van der Waals surface area contributed by atoms with E-state index in [-0.39, 0.29) is 12.1 Å². The van der Waals surface area contributed by atoms with E-state index in [9.17, 15) is 13.6 Å². The Morgan fingerprint density at radius 2 is 2.24 bits per heavy atom. The Balaban J connectivity index is 2.42. The zero-order valence-electron chi connectivity index (χ0n) is 9.41. The molecule has 0 aromatic carbocycles. The average molecular weight is 244 g/mol. The van der Waals surface area contributed by atoms with Gasteiger partial charge in [0.25, 0.3) is 0 Å². The van der Waals surface area contributed by atoms with Gasteiger partial charge in [0, 0.05) is 13.0 Å². The van der Waals surface area contributed by atoms with Crippen LogP contribution in [0.1, 0.15) is 30.3 Å². The number of anilines is 1. The van der Waals surface area contributed by atoms with Crippen LogP contribution in [-0.4, -0.2) is 28.5 Å². The molecule has 0 saturated heterocycles. The molecule has 0 radical (unpaired) electrons. The van der Waals surface area contributed by atoms with E-state index in [2.05, 4.69) is 10.3 Å². The summed E-state index contributed by atoms with van der Waals surface area (Å²) in [5, 5.41) is 11.5. The fourth-order valence-electron chi connectivity index (χ4n) is 1.27. The van der Waals surface area contributed by atoms with Gasteiger partial charge in [-0.2, -0.15) is 0 Å². The van der Waals surface area contributed by atoms with E-state index in [0.29, 0.717) is 18.8 Å². The highest BCUT2D eigenvalue weighted by Gasteiger charge is 2.19. The van der Waals surface area contributed by atoms with Crippen LogP contribution in [0.2, 0.25) is 0 Å². The van der Waals surface area contributed by atoms with Crippen LogP contribution in [0.15, 0.2) is 18.2 Å². The van der Waals surface area contributed by atoms with E-state index in [0.717, 1.165) is 6.92 Å². The molecule has 0 aliphatic carbocycles. The van der Waals surface area contributed by atoms with Gasteiger partial charge in [-0.25, -0.2) is 18.6 Å². The molecule has 0 saturated carbocycles. The highest BCUT2D eigenvalue weighted by atomic mass is 19.3. The zero-order valence-corrected chi connectivity index (χ0v) is 9.41. The Bertz CT molecular complexity index is 391. The number of carboxylic acid groups (broad SMARTS) is 1. The summed E-state index contributed by atoms with van der Waals surface area (Å²) in [5.41, 5.74) is -0.0733. The summed E-state index contributed by atoms with van der Waals surface area (Å²) in [6, 6.07) is 4.51. The van der Waals surface area contributed by atoms with Crippen LogP contribution in [0.25, 0.3) is 0 Å². The molecule has 6 heteroatoms. The first-order valence-electron chi connectivity index (χ1n) is 5.20. The highest BCUT2D eigenvalue weighted by Crippen LogP contribution is 2.18. The van der Waals surface area contributed by atoms with Crippen LogP contribution >= 0.6 is 0 Å². The summed E-state index contributed by atoms with van der Waals surface area (Å²) in [6.07, 6.45) is 0.0844. The molecule has 1 rings (SSSR count). The fraction of sp³-hybridized carbons (Fsp3) is 0.455. The lowest BCUT2D eigenvalue weighted by Crippen LogP contribution is -2.13. The molecule has 0 aliphatic rings. The van der Waals surface area contributed by atoms with Gasteiger partial charge in [-0.1, -0.05) is 6.07 Å².